The van der Waals surface area contributed by atoms with Gasteiger partial charge in [0.2, 0.25) is 11.9 Å². The summed E-state index contributed by atoms with van der Waals surface area (Å²) in [7, 11) is 0. The molecule has 10 nitrogen and oxygen atoms in total. The molecule has 1 saturated heterocycles. The van der Waals surface area contributed by atoms with Crippen molar-refractivity contribution in [1.82, 2.24) is 20.1 Å². The molecule has 2 aromatic carbocycles. The molecule has 202 valence electrons. The van der Waals surface area contributed by atoms with Crippen molar-refractivity contribution in [2.24, 2.45) is 4.99 Å². The zero-order valence-corrected chi connectivity index (χ0v) is 21.6. The molecular formula is C28H28FN5O5. The van der Waals surface area contributed by atoms with Crippen molar-refractivity contribution in [2.45, 2.75) is 33.2 Å². The Balaban J connectivity index is 1.64. The number of halogens is 1. The number of aromatic nitrogens is 1. The number of nitrogens with zero attached hydrogens (tertiary/aromatic N) is 4. The lowest BCUT2D eigenvalue weighted by Gasteiger charge is -2.27. The van der Waals surface area contributed by atoms with Gasteiger partial charge in [0.25, 0.3) is 0 Å². The van der Waals surface area contributed by atoms with E-state index in [1.807, 2.05) is 6.92 Å². The third-order valence-electron chi connectivity index (χ3n) is 5.96. The summed E-state index contributed by atoms with van der Waals surface area (Å²) in [5.41, 5.74) is 1.79. The van der Waals surface area contributed by atoms with Crippen molar-refractivity contribution < 1.29 is 28.6 Å². The number of carboxylic acid groups (broad SMARTS) is 1. The zero-order chi connectivity index (χ0) is 27.9. The summed E-state index contributed by atoms with van der Waals surface area (Å²) in [6.07, 6.45) is 4.23. The number of aryl methyl sites for hydroxylation is 1. The summed E-state index contributed by atoms with van der Waals surface area (Å²) in [4.78, 5) is 48.8. The van der Waals surface area contributed by atoms with E-state index >= 15 is 0 Å². The van der Waals surface area contributed by atoms with Gasteiger partial charge in [0, 0.05) is 12.7 Å². The Labute approximate surface area is 224 Å². The molecule has 0 atom stereocenters. The van der Waals surface area contributed by atoms with Crippen LogP contribution in [0.25, 0.3) is 0 Å². The Hall–Kier alpha value is -4.80. The average molecular weight is 534 g/mol. The average Bonchev–Trinajstić information content (AvgIpc) is 3.01. The second-order valence-corrected chi connectivity index (χ2v) is 9.02. The number of rotatable bonds is 9. The summed E-state index contributed by atoms with van der Waals surface area (Å²) < 4.78 is 19.3. The molecule has 1 aliphatic rings. The second kappa shape index (κ2) is 12.2. The van der Waals surface area contributed by atoms with Gasteiger partial charge in [0.1, 0.15) is 23.9 Å². The van der Waals surface area contributed by atoms with Gasteiger partial charge >= 0.3 is 12.0 Å². The van der Waals surface area contributed by atoms with Gasteiger partial charge in [0.05, 0.1) is 24.0 Å². The molecule has 39 heavy (non-hydrogen) atoms. The Morgan fingerprint density at radius 2 is 1.92 bits per heavy atom. The fourth-order valence-electron chi connectivity index (χ4n) is 3.92. The summed E-state index contributed by atoms with van der Waals surface area (Å²) >= 11 is 0. The van der Waals surface area contributed by atoms with Crippen LogP contribution in [0.3, 0.4) is 0 Å². The quantitative estimate of drug-likeness (QED) is 0.405. The van der Waals surface area contributed by atoms with E-state index in [4.69, 9.17) is 4.74 Å². The number of urea groups is 1. The first-order chi connectivity index (χ1) is 18.7. The number of ether oxygens (including phenoxy) is 1. The number of amides is 3. The highest BCUT2D eigenvalue weighted by atomic mass is 19.1. The highest BCUT2D eigenvalue weighted by Crippen LogP contribution is 2.29. The largest absolute Gasteiger partial charge is 0.478 e. The fraction of sp³-hybridized carbons (Fsp3) is 0.250. The van der Waals surface area contributed by atoms with Crippen LogP contribution in [-0.4, -0.2) is 56.8 Å². The summed E-state index contributed by atoms with van der Waals surface area (Å²) in [5, 5.41) is 11.9. The van der Waals surface area contributed by atoms with Crippen molar-refractivity contribution >= 4 is 29.6 Å². The minimum Gasteiger partial charge on any atom is -0.478 e. The normalized spacial score (nSPS) is 14.8. The first-order valence-corrected chi connectivity index (χ1v) is 12.4. The van der Waals surface area contributed by atoms with Crippen LogP contribution in [0.15, 0.2) is 65.9 Å². The fourth-order valence-corrected chi connectivity index (χ4v) is 3.92. The van der Waals surface area contributed by atoms with Crippen LogP contribution < -0.4 is 10.1 Å². The number of aliphatic imine (C=N–C) groups is 1. The van der Waals surface area contributed by atoms with E-state index in [1.165, 1.54) is 40.4 Å². The minimum atomic E-state index is -1.12. The third kappa shape index (κ3) is 6.95. The van der Waals surface area contributed by atoms with Crippen LogP contribution in [0.1, 0.15) is 41.3 Å². The van der Waals surface area contributed by atoms with Gasteiger partial charge in [-0.1, -0.05) is 25.5 Å². The standard InChI is InChI=1S/C28H28FN5O5/c1-3-4-11-33-17-25(35)32-27(34(28(33)38)16-19-5-7-21(29)8-6-19)31-22-9-10-24(18(2)12-22)39-23-13-20(26(36)37)14-30-15-23/h5-10,12-15H,3-4,11,16-17H2,1-2H3,(H,36,37)(H,31,32,35). The monoisotopic (exact) mass is 533 g/mol. The minimum absolute atomic E-state index is 0.00354. The molecule has 0 bridgehead atoms. The number of carbonyl (C=O) groups excluding carboxylic acids is 2. The van der Waals surface area contributed by atoms with Crippen molar-refractivity contribution in [3.63, 3.8) is 0 Å². The van der Waals surface area contributed by atoms with E-state index in [0.29, 0.717) is 29.1 Å². The van der Waals surface area contributed by atoms with Crippen molar-refractivity contribution in [1.29, 1.82) is 0 Å². The second-order valence-electron chi connectivity index (χ2n) is 9.02. The van der Waals surface area contributed by atoms with Crippen LogP contribution in [0.2, 0.25) is 0 Å². The molecule has 1 fully saturated rings. The van der Waals surface area contributed by atoms with Gasteiger partial charge in [-0.15, -0.1) is 0 Å². The smallest absolute Gasteiger partial charge is 0.337 e. The van der Waals surface area contributed by atoms with Crippen LogP contribution in [0.4, 0.5) is 14.9 Å². The highest BCUT2D eigenvalue weighted by Gasteiger charge is 2.31. The predicted octanol–water partition coefficient (Wildman–Crippen LogP) is 4.86. The number of guanidine groups is 1. The molecule has 0 radical (unpaired) electrons. The molecule has 0 unspecified atom stereocenters. The van der Waals surface area contributed by atoms with Gasteiger partial charge in [0.15, 0.2) is 0 Å². The maximum absolute atomic E-state index is 13.5. The van der Waals surface area contributed by atoms with E-state index in [0.717, 1.165) is 12.8 Å². The first-order valence-electron chi connectivity index (χ1n) is 12.4. The SMILES string of the molecule is CCCCN1CC(=O)NC(=Nc2ccc(Oc3cncc(C(=O)O)c3)c(C)c2)N(Cc2ccc(F)cc2)C1=O. The van der Waals surface area contributed by atoms with Gasteiger partial charge in [-0.2, -0.15) is 0 Å². The maximum atomic E-state index is 13.5. The highest BCUT2D eigenvalue weighted by molar-refractivity contribution is 6.08. The summed E-state index contributed by atoms with van der Waals surface area (Å²) in [6, 6.07) is 11.8. The Morgan fingerprint density at radius 1 is 1.15 bits per heavy atom. The molecule has 0 spiro atoms. The van der Waals surface area contributed by atoms with Crippen molar-refractivity contribution in [3.8, 4) is 11.5 Å². The number of aromatic carboxylic acids is 1. The molecule has 11 heteroatoms. The number of carboxylic acids is 1. The van der Waals surface area contributed by atoms with Crippen LogP contribution in [0, 0.1) is 12.7 Å². The van der Waals surface area contributed by atoms with E-state index in [9.17, 15) is 23.9 Å². The maximum Gasteiger partial charge on any atom is 0.337 e. The summed E-state index contributed by atoms with van der Waals surface area (Å²) in [5.74, 6) is -1.11. The van der Waals surface area contributed by atoms with Crippen LogP contribution in [0.5, 0.6) is 11.5 Å². The van der Waals surface area contributed by atoms with Gasteiger partial charge in [-0.3, -0.25) is 20.0 Å². The van der Waals surface area contributed by atoms with Crippen LogP contribution >= 0.6 is 0 Å². The summed E-state index contributed by atoms with van der Waals surface area (Å²) in [6.45, 7) is 4.17. The Kier molecular flexibility index (Phi) is 8.50. The van der Waals surface area contributed by atoms with E-state index in [2.05, 4.69) is 15.3 Å². The number of nitrogens with one attached hydrogen (secondary N) is 1. The first kappa shape index (κ1) is 27.2. The lowest BCUT2D eigenvalue weighted by Crippen LogP contribution is -2.46. The van der Waals surface area contributed by atoms with Crippen LogP contribution in [-0.2, 0) is 11.3 Å². The lowest BCUT2D eigenvalue weighted by molar-refractivity contribution is -0.120. The topological polar surface area (TPSA) is 124 Å². The van der Waals surface area contributed by atoms with E-state index in [-0.39, 0.29) is 42.3 Å². The third-order valence-corrected chi connectivity index (χ3v) is 5.96. The molecule has 3 aromatic rings. The molecule has 3 amide bonds. The molecule has 1 aromatic heterocycles. The van der Waals surface area contributed by atoms with E-state index < -0.39 is 11.8 Å². The van der Waals surface area contributed by atoms with E-state index in [1.54, 1.807) is 37.3 Å². The van der Waals surface area contributed by atoms with Gasteiger partial charge in [-0.05, 0) is 60.9 Å². The molecule has 1 aliphatic heterocycles. The number of hydrogen-bond donors (Lipinski definition) is 2. The van der Waals surface area contributed by atoms with Gasteiger partial charge in [-0.25, -0.2) is 19.0 Å². The molecule has 2 N–H and O–H groups in total. The molecule has 0 aliphatic carbocycles. The number of pyridine rings is 1. The van der Waals surface area contributed by atoms with Crippen molar-refractivity contribution in [3.05, 3.63) is 83.4 Å². The predicted molar refractivity (Wildman–Crippen MR) is 142 cm³/mol. The van der Waals surface area contributed by atoms with Gasteiger partial charge < -0.3 is 14.7 Å². The Morgan fingerprint density at radius 3 is 2.62 bits per heavy atom. The number of benzene rings is 2. The number of carbonyl (C=O) groups is 3. The van der Waals surface area contributed by atoms with Crippen molar-refractivity contribution in [2.75, 3.05) is 13.1 Å². The number of unbranched alkanes of at least 4 members (excludes halogenated alkanes) is 1. The molecule has 0 saturated carbocycles. The molecule has 4 rings (SSSR count). The number of hydrogen-bond acceptors (Lipinski definition) is 6. The molecule has 2 heterocycles. The zero-order valence-electron chi connectivity index (χ0n) is 21.6. The Bertz CT molecular complexity index is 1410. The lowest BCUT2D eigenvalue weighted by atomic mass is 10.2. The molecular weight excluding hydrogens is 505 g/mol.